The van der Waals surface area contributed by atoms with Gasteiger partial charge in [0.05, 0.1) is 5.52 Å². The fourth-order valence-corrected chi connectivity index (χ4v) is 1.65. The van der Waals surface area contributed by atoms with Crippen LogP contribution in [0, 0.1) is 0 Å². The summed E-state index contributed by atoms with van der Waals surface area (Å²) in [4.78, 5) is 25.8. The topological polar surface area (TPSA) is 87.2 Å². The van der Waals surface area contributed by atoms with Gasteiger partial charge in [0, 0.05) is 7.05 Å². The summed E-state index contributed by atoms with van der Waals surface area (Å²) >= 11 is 0. The Morgan fingerprint density at radius 3 is 2.55 bits per heavy atom. The highest BCUT2D eigenvalue weighted by atomic mass is 19.4. The molecule has 0 saturated heterocycles. The second kappa shape index (κ2) is 4.51. The molecule has 1 aromatic heterocycles. The Morgan fingerprint density at radius 1 is 1.35 bits per heavy atom. The minimum Gasteiger partial charge on any atom is -0.417 e. The maximum atomic E-state index is 12.2. The van der Waals surface area contributed by atoms with E-state index in [2.05, 4.69) is 9.72 Å². The Bertz CT molecular complexity index is 706. The van der Waals surface area contributed by atoms with Crippen molar-refractivity contribution in [3.8, 4) is 5.75 Å². The Morgan fingerprint density at radius 2 is 2.00 bits per heavy atom. The van der Waals surface area contributed by atoms with Crippen LogP contribution in [0.25, 0.3) is 11.0 Å². The molecule has 0 aliphatic rings. The highest BCUT2D eigenvalue weighted by molar-refractivity contribution is 5.95. The lowest BCUT2D eigenvalue weighted by atomic mass is 10.3. The fourth-order valence-electron chi connectivity index (χ4n) is 1.65. The fraction of sp³-hybridized carbons (Fsp3) is 0.182. The average Bonchev–Trinajstić information content (AvgIpc) is 2.67. The Labute approximate surface area is 109 Å². The number of benzene rings is 1. The highest BCUT2D eigenvalue weighted by Gasteiger charge is 2.41. The second-order valence-electron chi connectivity index (χ2n) is 3.87. The van der Waals surface area contributed by atoms with Gasteiger partial charge in [0.15, 0.2) is 11.6 Å². The Kier molecular flexibility index (Phi) is 3.12. The first kappa shape index (κ1) is 13.8. The molecule has 0 radical (unpaired) electrons. The number of alkyl halides is 3. The van der Waals surface area contributed by atoms with Gasteiger partial charge in [-0.1, -0.05) is 6.07 Å². The van der Waals surface area contributed by atoms with Crippen LogP contribution < -0.4 is 10.5 Å². The molecule has 0 atom stereocenters. The number of hydrogen-bond donors (Lipinski definition) is 1. The number of hydrogen-bond acceptors (Lipinski definition) is 4. The summed E-state index contributed by atoms with van der Waals surface area (Å²) in [5, 5.41) is 0. The Balaban J connectivity index is 2.53. The maximum absolute atomic E-state index is 12.2. The SMILES string of the molecule is Cn1c(C(N)=O)nc2c(OC(=O)C(F)(F)F)cccc21. The van der Waals surface area contributed by atoms with Gasteiger partial charge >= 0.3 is 12.1 Å². The minimum atomic E-state index is -5.12. The lowest BCUT2D eigenvalue weighted by Crippen LogP contribution is -2.28. The van der Waals surface area contributed by atoms with E-state index in [0.29, 0.717) is 5.52 Å². The number of nitrogens with zero attached hydrogens (tertiary/aromatic N) is 2. The number of esters is 1. The molecule has 1 amide bonds. The van der Waals surface area contributed by atoms with Gasteiger partial charge in [-0.15, -0.1) is 0 Å². The van der Waals surface area contributed by atoms with E-state index < -0.39 is 23.8 Å². The second-order valence-corrected chi connectivity index (χ2v) is 3.87. The van der Waals surface area contributed by atoms with Crippen LogP contribution >= 0.6 is 0 Å². The number of carbonyl (C=O) groups excluding carboxylic acids is 2. The molecule has 106 valence electrons. The van der Waals surface area contributed by atoms with Crippen molar-refractivity contribution in [1.29, 1.82) is 0 Å². The van der Waals surface area contributed by atoms with E-state index in [9.17, 15) is 22.8 Å². The summed E-state index contributed by atoms with van der Waals surface area (Å²) < 4.78 is 42.1. The van der Waals surface area contributed by atoms with Gasteiger partial charge in [0.1, 0.15) is 5.52 Å². The number of fused-ring (bicyclic) bond motifs is 1. The maximum Gasteiger partial charge on any atom is 0.491 e. The van der Waals surface area contributed by atoms with Crippen LogP contribution in [0.3, 0.4) is 0 Å². The largest absolute Gasteiger partial charge is 0.491 e. The molecule has 2 N–H and O–H groups in total. The molecule has 2 rings (SSSR count). The van der Waals surface area contributed by atoms with Gasteiger partial charge < -0.3 is 15.0 Å². The van der Waals surface area contributed by atoms with E-state index in [1.807, 2.05) is 0 Å². The van der Waals surface area contributed by atoms with E-state index in [0.717, 1.165) is 6.07 Å². The predicted molar refractivity (Wildman–Crippen MR) is 60.9 cm³/mol. The molecular formula is C11H8F3N3O3. The lowest BCUT2D eigenvalue weighted by molar-refractivity contribution is -0.189. The van der Waals surface area contributed by atoms with Gasteiger partial charge in [-0.3, -0.25) is 4.79 Å². The average molecular weight is 287 g/mol. The summed E-state index contributed by atoms with van der Waals surface area (Å²) in [6, 6.07) is 4.01. The molecule has 0 aliphatic heterocycles. The van der Waals surface area contributed by atoms with Crippen LogP contribution in [0.15, 0.2) is 18.2 Å². The van der Waals surface area contributed by atoms with Crippen molar-refractivity contribution in [3.63, 3.8) is 0 Å². The van der Waals surface area contributed by atoms with Crippen molar-refractivity contribution >= 4 is 22.9 Å². The summed E-state index contributed by atoms with van der Waals surface area (Å²) in [5.41, 5.74) is 5.35. The lowest BCUT2D eigenvalue weighted by Gasteiger charge is -2.07. The van der Waals surface area contributed by atoms with E-state index in [4.69, 9.17) is 5.73 Å². The molecule has 0 unspecified atom stereocenters. The van der Waals surface area contributed by atoms with E-state index in [-0.39, 0.29) is 11.3 Å². The molecule has 0 aliphatic carbocycles. The molecule has 0 fully saturated rings. The number of aryl methyl sites for hydroxylation is 1. The summed E-state index contributed by atoms with van der Waals surface area (Å²) in [5.74, 6) is -3.77. The number of aromatic nitrogens is 2. The molecule has 2 aromatic rings. The summed E-state index contributed by atoms with van der Waals surface area (Å²) in [6.45, 7) is 0. The summed E-state index contributed by atoms with van der Waals surface area (Å²) in [7, 11) is 1.46. The van der Waals surface area contributed by atoms with Crippen LogP contribution in [-0.2, 0) is 11.8 Å². The third-order valence-corrected chi connectivity index (χ3v) is 2.53. The normalized spacial score (nSPS) is 11.6. The monoisotopic (exact) mass is 287 g/mol. The van der Waals surface area contributed by atoms with E-state index in [1.54, 1.807) is 0 Å². The molecule has 6 nitrogen and oxygen atoms in total. The molecule has 1 aromatic carbocycles. The van der Waals surface area contributed by atoms with Gasteiger partial charge in [0.25, 0.3) is 5.91 Å². The molecular weight excluding hydrogens is 279 g/mol. The number of rotatable bonds is 2. The number of ether oxygens (including phenoxy) is 1. The van der Waals surface area contributed by atoms with Crippen LogP contribution in [0.2, 0.25) is 0 Å². The van der Waals surface area contributed by atoms with Crippen LogP contribution in [0.4, 0.5) is 13.2 Å². The summed E-state index contributed by atoms with van der Waals surface area (Å²) in [6.07, 6.45) is -5.12. The molecule has 20 heavy (non-hydrogen) atoms. The zero-order valence-corrected chi connectivity index (χ0v) is 10.1. The number of nitrogens with two attached hydrogens (primary N) is 1. The van der Waals surface area contributed by atoms with Crippen molar-refractivity contribution in [1.82, 2.24) is 9.55 Å². The van der Waals surface area contributed by atoms with E-state index in [1.165, 1.54) is 23.7 Å². The van der Waals surface area contributed by atoms with Crippen molar-refractivity contribution in [3.05, 3.63) is 24.0 Å². The van der Waals surface area contributed by atoms with Gasteiger partial charge in [-0.2, -0.15) is 13.2 Å². The number of para-hydroxylation sites is 1. The molecule has 9 heteroatoms. The minimum absolute atomic E-state index is 0.0543. The third kappa shape index (κ3) is 2.29. The number of imidazole rings is 1. The van der Waals surface area contributed by atoms with Crippen LogP contribution in [0.5, 0.6) is 5.75 Å². The zero-order valence-electron chi connectivity index (χ0n) is 10.1. The molecule has 0 spiro atoms. The number of amides is 1. The molecule has 0 bridgehead atoms. The van der Waals surface area contributed by atoms with Crippen LogP contribution in [-0.4, -0.2) is 27.6 Å². The Hall–Kier alpha value is -2.58. The number of halogens is 3. The van der Waals surface area contributed by atoms with Gasteiger partial charge in [-0.25, -0.2) is 9.78 Å². The zero-order chi connectivity index (χ0) is 15.1. The first-order chi connectivity index (χ1) is 9.21. The van der Waals surface area contributed by atoms with Crippen molar-refractivity contribution in [2.75, 3.05) is 0 Å². The number of carbonyl (C=O) groups is 2. The van der Waals surface area contributed by atoms with Crippen molar-refractivity contribution in [2.24, 2.45) is 12.8 Å². The molecule has 1 heterocycles. The third-order valence-electron chi connectivity index (χ3n) is 2.53. The first-order valence-corrected chi connectivity index (χ1v) is 5.26. The smallest absolute Gasteiger partial charge is 0.417 e. The highest BCUT2D eigenvalue weighted by Crippen LogP contribution is 2.27. The predicted octanol–water partition coefficient (Wildman–Crippen LogP) is 1.14. The van der Waals surface area contributed by atoms with Crippen molar-refractivity contribution < 1.29 is 27.5 Å². The van der Waals surface area contributed by atoms with E-state index >= 15 is 0 Å². The van der Waals surface area contributed by atoms with Gasteiger partial charge in [-0.05, 0) is 12.1 Å². The van der Waals surface area contributed by atoms with Gasteiger partial charge in [0.2, 0.25) is 0 Å². The first-order valence-electron chi connectivity index (χ1n) is 5.26. The molecule has 0 saturated carbocycles. The standard InChI is InChI=1S/C11H8F3N3O3/c1-17-5-3-2-4-6(20-10(19)11(12,13)14)7(5)16-9(17)8(15)18/h2-4H,1H3,(H2,15,18). The van der Waals surface area contributed by atoms with Crippen molar-refractivity contribution in [2.45, 2.75) is 6.18 Å². The quantitative estimate of drug-likeness (QED) is 0.662. The number of primary amides is 1. The van der Waals surface area contributed by atoms with Crippen LogP contribution in [0.1, 0.15) is 10.6 Å².